The highest BCUT2D eigenvalue weighted by Crippen LogP contribution is 2.33. The van der Waals surface area contributed by atoms with Crippen LogP contribution in [0.5, 0.6) is 0 Å². The Morgan fingerprint density at radius 1 is 0.968 bits per heavy atom. The molecule has 0 bridgehead atoms. The minimum atomic E-state index is -1.10. The summed E-state index contributed by atoms with van der Waals surface area (Å²) in [7, 11) is 0. The lowest BCUT2D eigenvalue weighted by atomic mass is 10.0. The van der Waals surface area contributed by atoms with E-state index in [4.69, 9.17) is 8.83 Å². The van der Waals surface area contributed by atoms with Gasteiger partial charge in [-0.25, -0.2) is 0 Å². The monoisotopic (exact) mass is 420 g/mol. The highest BCUT2D eigenvalue weighted by molar-refractivity contribution is 6.12. The Balaban J connectivity index is 1.83. The number of carbonyl (C=O) groups excluding carboxylic acids is 3. The Labute approximate surface area is 180 Å². The quantitative estimate of drug-likeness (QED) is 0.567. The van der Waals surface area contributed by atoms with Gasteiger partial charge in [-0.2, -0.15) is 0 Å². The second-order valence-electron chi connectivity index (χ2n) is 7.63. The molecule has 2 heterocycles. The van der Waals surface area contributed by atoms with Crippen molar-refractivity contribution in [1.82, 2.24) is 5.32 Å². The van der Waals surface area contributed by atoms with Crippen LogP contribution in [0.25, 0.3) is 0 Å². The maximum Gasteiger partial charge on any atom is 0.295 e. The minimum Gasteiger partial charge on any atom is -0.467 e. The lowest BCUT2D eigenvalue weighted by Crippen LogP contribution is -2.46. The molecule has 0 spiro atoms. The molecule has 1 aromatic carbocycles. The zero-order valence-corrected chi connectivity index (χ0v) is 17.2. The number of benzene rings is 1. The number of hydrogen-bond acceptors (Lipinski definition) is 5. The summed E-state index contributed by atoms with van der Waals surface area (Å²) in [6.45, 7) is 1.43. The Bertz CT molecular complexity index is 1050. The molecular formula is C24H24N2O5. The van der Waals surface area contributed by atoms with E-state index in [1.54, 1.807) is 42.5 Å². The van der Waals surface area contributed by atoms with Gasteiger partial charge in [-0.05, 0) is 56.2 Å². The van der Waals surface area contributed by atoms with Gasteiger partial charge >= 0.3 is 0 Å². The molecule has 1 saturated carbocycles. The van der Waals surface area contributed by atoms with E-state index in [1.165, 1.54) is 30.4 Å². The van der Waals surface area contributed by atoms with Gasteiger partial charge in [0.05, 0.1) is 18.2 Å². The van der Waals surface area contributed by atoms with Crippen molar-refractivity contribution in [1.29, 1.82) is 0 Å². The zero-order chi connectivity index (χ0) is 21.8. The van der Waals surface area contributed by atoms with Crippen molar-refractivity contribution in [3.63, 3.8) is 0 Å². The first kappa shape index (κ1) is 20.7. The number of para-hydroxylation sites is 1. The van der Waals surface area contributed by atoms with Crippen LogP contribution in [0, 0.1) is 0 Å². The fourth-order valence-electron chi connectivity index (χ4n) is 4.04. The smallest absolute Gasteiger partial charge is 0.295 e. The average Bonchev–Trinajstić information content (AvgIpc) is 3.55. The Morgan fingerprint density at radius 2 is 1.68 bits per heavy atom. The van der Waals surface area contributed by atoms with Gasteiger partial charge in [-0.15, -0.1) is 0 Å². The van der Waals surface area contributed by atoms with Crippen LogP contribution < -0.4 is 10.2 Å². The van der Waals surface area contributed by atoms with Crippen molar-refractivity contribution in [2.75, 3.05) is 4.90 Å². The maximum atomic E-state index is 13.6. The molecule has 0 unspecified atom stereocenters. The number of nitrogens with zero attached hydrogens (tertiary/aromatic N) is 1. The van der Waals surface area contributed by atoms with Crippen LogP contribution in [0.1, 0.15) is 65.3 Å². The molecule has 1 atom stereocenters. The third kappa shape index (κ3) is 4.30. The summed E-state index contributed by atoms with van der Waals surface area (Å²) >= 11 is 0. The molecule has 2 aromatic heterocycles. The third-order valence-corrected chi connectivity index (χ3v) is 5.51. The van der Waals surface area contributed by atoms with Gasteiger partial charge in [-0.3, -0.25) is 19.3 Å². The summed E-state index contributed by atoms with van der Waals surface area (Å²) in [4.78, 5) is 40.7. The van der Waals surface area contributed by atoms with E-state index in [0.29, 0.717) is 17.0 Å². The van der Waals surface area contributed by atoms with Crippen LogP contribution in [0.15, 0.2) is 69.9 Å². The Hall–Kier alpha value is -3.61. The van der Waals surface area contributed by atoms with Crippen molar-refractivity contribution >= 4 is 23.3 Å². The summed E-state index contributed by atoms with van der Waals surface area (Å²) in [6, 6.07) is 12.1. The van der Waals surface area contributed by atoms with Crippen LogP contribution in [-0.4, -0.2) is 23.6 Å². The number of hydrogen-bond donors (Lipinski definition) is 1. The van der Waals surface area contributed by atoms with E-state index < -0.39 is 11.9 Å². The summed E-state index contributed by atoms with van der Waals surface area (Å²) in [5.41, 5.74) is 0.645. The van der Waals surface area contributed by atoms with Crippen LogP contribution >= 0.6 is 0 Å². The topological polar surface area (TPSA) is 92.8 Å². The van der Waals surface area contributed by atoms with Gasteiger partial charge in [0.15, 0.2) is 17.6 Å². The lowest BCUT2D eigenvalue weighted by molar-refractivity contribution is -0.123. The number of carbonyl (C=O) groups is 3. The Kier molecular flexibility index (Phi) is 6.02. The molecule has 0 aliphatic heterocycles. The number of nitrogens with one attached hydrogen (secondary N) is 1. The molecule has 0 saturated heterocycles. The van der Waals surface area contributed by atoms with Crippen molar-refractivity contribution in [3.8, 4) is 0 Å². The standard InChI is InChI=1S/C24H24N2O5/c1-16(27)18-10-4-5-11-19(18)26(24(29)21-13-7-15-31-21)22(20-12-6-14-30-20)23(28)25-17-8-2-3-9-17/h4-7,10-15,17,22H,2-3,8-9H2,1H3,(H,25,28)/t22-/m0/s1. The van der Waals surface area contributed by atoms with Crippen molar-refractivity contribution in [2.45, 2.75) is 44.7 Å². The van der Waals surface area contributed by atoms with E-state index in [0.717, 1.165) is 25.7 Å². The van der Waals surface area contributed by atoms with Crippen LogP contribution in [-0.2, 0) is 4.79 Å². The first-order valence-electron chi connectivity index (χ1n) is 10.4. The Morgan fingerprint density at radius 3 is 2.32 bits per heavy atom. The summed E-state index contributed by atoms with van der Waals surface area (Å²) in [6.07, 6.45) is 6.75. The second kappa shape index (κ2) is 9.04. The number of amides is 2. The number of ketones is 1. The first-order valence-corrected chi connectivity index (χ1v) is 10.4. The molecule has 2 amide bonds. The molecule has 1 fully saturated rings. The van der Waals surface area contributed by atoms with Gasteiger partial charge in [0.2, 0.25) is 0 Å². The summed E-state index contributed by atoms with van der Waals surface area (Å²) in [5, 5.41) is 3.06. The van der Waals surface area contributed by atoms with Crippen molar-refractivity contribution < 1.29 is 23.2 Å². The lowest BCUT2D eigenvalue weighted by Gasteiger charge is -2.31. The molecule has 1 aliphatic rings. The van der Waals surface area contributed by atoms with Crippen LogP contribution in [0.4, 0.5) is 5.69 Å². The molecule has 31 heavy (non-hydrogen) atoms. The van der Waals surface area contributed by atoms with E-state index in [2.05, 4.69) is 5.32 Å². The van der Waals surface area contributed by atoms with E-state index in [1.807, 2.05) is 0 Å². The van der Waals surface area contributed by atoms with E-state index >= 15 is 0 Å². The molecule has 4 rings (SSSR count). The minimum absolute atomic E-state index is 0.0496. The van der Waals surface area contributed by atoms with Gasteiger partial charge < -0.3 is 14.2 Å². The summed E-state index contributed by atoms with van der Waals surface area (Å²) < 4.78 is 10.9. The average molecular weight is 420 g/mol. The normalized spacial score (nSPS) is 14.9. The van der Waals surface area contributed by atoms with Gasteiger partial charge in [-0.1, -0.05) is 25.0 Å². The summed E-state index contributed by atoms with van der Waals surface area (Å²) in [5.74, 6) is -0.763. The zero-order valence-electron chi connectivity index (χ0n) is 17.2. The van der Waals surface area contributed by atoms with Crippen LogP contribution in [0.2, 0.25) is 0 Å². The van der Waals surface area contributed by atoms with Gasteiger partial charge in [0, 0.05) is 11.6 Å². The predicted octanol–water partition coefficient (Wildman–Crippen LogP) is 4.52. The fraction of sp³-hybridized carbons (Fsp3) is 0.292. The van der Waals surface area contributed by atoms with Gasteiger partial charge in [0.1, 0.15) is 5.76 Å². The molecule has 7 nitrogen and oxygen atoms in total. The molecule has 0 radical (unpaired) electrons. The SMILES string of the molecule is CC(=O)c1ccccc1N(C(=O)c1ccco1)[C@H](C(=O)NC1CCCC1)c1ccco1. The van der Waals surface area contributed by atoms with Gasteiger partial charge in [0.25, 0.3) is 11.8 Å². The number of Topliss-reactive ketones (excluding diaryl/α,β-unsaturated/α-hetero) is 1. The third-order valence-electron chi connectivity index (χ3n) is 5.51. The highest BCUT2D eigenvalue weighted by Gasteiger charge is 2.38. The molecular weight excluding hydrogens is 396 g/mol. The fourth-order valence-corrected chi connectivity index (χ4v) is 4.04. The largest absolute Gasteiger partial charge is 0.467 e. The van der Waals surface area contributed by atoms with Crippen molar-refractivity contribution in [2.24, 2.45) is 0 Å². The number of anilines is 1. The molecule has 160 valence electrons. The number of furan rings is 2. The van der Waals surface area contributed by atoms with E-state index in [9.17, 15) is 14.4 Å². The second-order valence-corrected chi connectivity index (χ2v) is 7.63. The maximum absolute atomic E-state index is 13.6. The first-order chi connectivity index (χ1) is 15.1. The van der Waals surface area contributed by atoms with Crippen molar-refractivity contribution in [3.05, 3.63) is 78.1 Å². The predicted molar refractivity (Wildman–Crippen MR) is 114 cm³/mol. The molecule has 7 heteroatoms. The van der Waals surface area contributed by atoms with Crippen LogP contribution in [0.3, 0.4) is 0 Å². The molecule has 3 aromatic rings. The number of rotatable bonds is 7. The highest BCUT2D eigenvalue weighted by atomic mass is 16.3. The molecule has 1 N–H and O–H groups in total. The molecule has 1 aliphatic carbocycles. The van der Waals surface area contributed by atoms with E-state index in [-0.39, 0.29) is 23.5 Å².